The zero-order valence-corrected chi connectivity index (χ0v) is 14.5. The number of hydrogen-bond donors (Lipinski definition) is 1. The minimum absolute atomic E-state index is 0.0528. The highest BCUT2D eigenvalue weighted by molar-refractivity contribution is 8.00. The van der Waals surface area contributed by atoms with Crippen molar-refractivity contribution in [2.75, 3.05) is 39.1 Å². The Kier molecular flexibility index (Phi) is 6.56. The first-order valence-electron chi connectivity index (χ1n) is 8.28. The van der Waals surface area contributed by atoms with E-state index in [1.165, 1.54) is 0 Å². The molecule has 0 aliphatic carbocycles. The van der Waals surface area contributed by atoms with Crippen molar-refractivity contribution in [2.45, 2.75) is 43.8 Å². The van der Waals surface area contributed by atoms with Gasteiger partial charge in [0, 0.05) is 44.0 Å². The topological polar surface area (TPSA) is 58.6 Å². The fourth-order valence-corrected chi connectivity index (χ4v) is 4.02. The van der Waals surface area contributed by atoms with Crippen LogP contribution < -0.4 is 5.32 Å². The monoisotopic (exact) mass is 328 g/mol. The standard InChI is InChI=1S/C16H28N2O3S/c1-3-14(19)18-8-4-5-13(11-18)15(20)17-12-16(22-2)6-9-21-10-7-16/h13H,3-12H2,1-2H3,(H,17,20). The Labute approximate surface area is 137 Å². The van der Waals surface area contributed by atoms with Crippen molar-refractivity contribution in [3.05, 3.63) is 0 Å². The van der Waals surface area contributed by atoms with Crippen LogP contribution in [0.2, 0.25) is 0 Å². The summed E-state index contributed by atoms with van der Waals surface area (Å²) >= 11 is 1.83. The van der Waals surface area contributed by atoms with Crippen molar-refractivity contribution in [2.24, 2.45) is 5.92 Å². The molecule has 2 fully saturated rings. The molecular formula is C16H28N2O3S. The predicted octanol–water partition coefficient (Wildman–Crippen LogP) is 1.66. The zero-order valence-electron chi connectivity index (χ0n) is 13.7. The summed E-state index contributed by atoms with van der Waals surface area (Å²) in [4.78, 5) is 26.1. The maximum atomic E-state index is 12.5. The van der Waals surface area contributed by atoms with Gasteiger partial charge in [0.05, 0.1) is 5.92 Å². The zero-order chi connectivity index (χ0) is 16.0. The van der Waals surface area contributed by atoms with E-state index in [4.69, 9.17) is 4.74 Å². The number of carbonyl (C=O) groups excluding carboxylic acids is 2. The van der Waals surface area contributed by atoms with Crippen molar-refractivity contribution < 1.29 is 14.3 Å². The summed E-state index contributed by atoms with van der Waals surface area (Å²) in [5.74, 6) is 0.207. The average Bonchev–Trinajstić information content (AvgIpc) is 2.59. The number of thioether (sulfide) groups is 1. The molecule has 2 heterocycles. The molecule has 6 heteroatoms. The molecular weight excluding hydrogens is 300 g/mol. The molecule has 126 valence electrons. The van der Waals surface area contributed by atoms with Crippen molar-refractivity contribution in [3.63, 3.8) is 0 Å². The molecule has 0 spiro atoms. The van der Waals surface area contributed by atoms with Gasteiger partial charge in [-0.05, 0) is 31.9 Å². The Bertz CT molecular complexity index is 397. The molecule has 2 aliphatic heterocycles. The molecule has 0 bridgehead atoms. The molecule has 2 aliphatic rings. The lowest BCUT2D eigenvalue weighted by atomic mass is 9.95. The number of nitrogens with one attached hydrogen (secondary N) is 1. The average molecular weight is 328 g/mol. The Morgan fingerprint density at radius 1 is 1.36 bits per heavy atom. The SMILES string of the molecule is CCC(=O)N1CCCC(C(=O)NCC2(SC)CCOCC2)C1. The lowest BCUT2D eigenvalue weighted by molar-refractivity contribution is -0.135. The molecule has 0 aromatic rings. The number of likely N-dealkylation sites (tertiary alicyclic amines) is 1. The third-order valence-corrected chi connectivity index (χ3v) is 6.29. The molecule has 1 atom stereocenters. The molecule has 2 amide bonds. The molecule has 0 saturated carbocycles. The summed E-state index contributed by atoms with van der Waals surface area (Å²) in [6.07, 6.45) is 6.41. The fourth-order valence-electron chi connectivity index (χ4n) is 3.23. The van der Waals surface area contributed by atoms with Gasteiger partial charge in [-0.15, -0.1) is 0 Å². The third kappa shape index (κ3) is 4.38. The molecule has 2 saturated heterocycles. The lowest BCUT2D eigenvalue weighted by Gasteiger charge is -2.37. The molecule has 1 N–H and O–H groups in total. The van der Waals surface area contributed by atoms with Crippen molar-refractivity contribution in [3.8, 4) is 0 Å². The van der Waals surface area contributed by atoms with E-state index in [1.54, 1.807) is 0 Å². The number of piperidine rings is 1. The largest absolute Gasteiger partial charge is 0.381 e. The van der Waals surface area contributed by atoms with Crippen LogP contribution in [-0.4, -0.2) is 60.6 Å². The molecule has 22 heavy (non-hydrogen) atoms. The third-order valence-electron chi connectivity index (χ3n) is 4.87. The maximum absolute atomic E-state index is 12.5. The highest BCUT2D eigenvalue weighted by atomic mass is 32.2. The second-order valence-corrected chi connectivity index (χ2v) is 7.52. The molecule has 0 aromatic carbocycles. The van der Waals surface area contributed by atoms with Crippen LogP contribution in [0.4, 0.5) is 0 Å². The summed E-state index contributed by atoms with van der Waals surface area (Å²) in [7, 11) is 0. The van der Waals surface area contributed by atoms with Gasteiger partial charge in [-0.2, -0.15) is 11.8 Å². The van der Waals surface area contributed by atoms with Gasteiger partial charge < -0.3 is 15.0 Å². The van der Waals surface area contributed by atoms with Gasteiger partial charge in [-0.3, -0.25) is 9.59 Å². The van der Waals surface area contributed by atoms with E-state index in [0.29, 0.717) is 19.5 Å². The Morgan fingerprint density at radius 3 is 2.73 bits per heavy atom. The lowest BCUT2D eigenvalue weighted by Crippen LogP contribution is -2.49. The smallest absolute Gasteiger partial charge is 0.224 e. The number of carbonyl (C=O) groups is 2. The van der Waals surface area contributed by atoms with Gasteiger partial charge in [0.2, 0.25) is 11.8 Å². The normalized spacial score (nSPS) is 24.8. The van der Waals surface area contributed by atoms with Crippen LogP contribution in [0.3, 0.4) is 0 Å². The van der Waals surface area contributed by atoms with E-state index < -0.39 is 0 Å². The quantitative estimate of drug-likeness (QED) is 0.834. The number of rotatable bonds is 5. The van der Waals surface area contributed by atoms with Crippen LogP contribution in [0.1, 0.15) is 39.0 Å². The summed E-state index contributed by atoms with van der Waals surface area (Å²) in [5.41, 5.74) is 0. The van der Waals surface area contributed by atoms with E-state index in [0.717, 1.165) is 45.4 Å². The van der Waals surface area contributed by atoms with Crippen LogP contribution in [0.25, 0.3) is 0 Å². The first-order chi connectivity index (χ1) is 10.6. The van der Waals surface area contributed by atoms with Gasteiger partial charge in [0.25, 0.3) is 0 Å². The maximum Gasteiger partial charge on any atom is 0.224 e. The van der Waals surface area contributed by atoms with Crippen LogP contribution in [-0.2, 0) is 14.3 Å². The Hall–Kier alpha value is -0.750. The van der Waals surface area contributed by atoms with Gasteiger partial charge in [0.15, 0.2) is 0 Å². The highest BCUT2D eigenvalue weighted by Crippen LogP contribution is 2.33. The number of ether oxygens (including phenoxy) is 1. The van der Waals surface area contributed by atoms with Crippen molar-refractivity contribution >= 4 is 23.6 Å². The number of amides is 2. The van der Waals surface area contributed by atoms with Gasteiger partial charge in [-0.1, -0.05) is 6.92 Å². The van der Waals surface area contributed by atoms with Crippen LogP contribution in [0, 0.1) is 5.92 Å². The molecule has 0 aromatic heterocycles. The van der Waals surface area contributed by atoms with Crippen LogP contribution in [0.5, 0.6) is 0 Å². The minimum atomic E-state index is -0.0528. The van der Waals surface area contributed by atoms with Gasteiger partial charge in [-0.25, -0.2) is 0 Å². The first-order valence-corrected chi connectivity index (χ1v) is 9.51. The van der Waals surface area contributed by atoms with E-state index in [9.17, 15) is 9.59 Å². The highest BCUT2D eigenvalue weighted by Gasteiger charge is 2.34. The predicted molar refractivity (Wildman–Crippen MR) is 88.9 cm³/mol. The fraction of sp³-hybridized carbons (Fsp3) is 0.875. The molecule has 0 radical (unpaired) electrons. The summed E-state index contributed by atoms with van der Waals surface area (Å²) in [6.45, 7) is 5.50. The number of nitrogens with zero attached hydrogens (tertiary/aromatic N) is 1. The van der Waals surface area contributed by atoms with Crippen LogP contribution >= 0.6 is 11.8 Å². The second-order valence-electron chi connectivity index (χ2n) is 6.25. The number of hydrogen-bond acceptors (Lipinski definition) is 4. The van der Waals surface area contributed by atoms with Crippen molar-refractivity contribution in [1.29, 1.82) is 0 Å². The second kappa shape index (κ2) is 8.20. The summed E-state index contributed by atoms with van der Waals surface area (Å²) in [5, 5.41) is 3.14. The van der Waals surface area contributed by atoms with Gasteiger partial charge in [0.1, 0.15) is 0 Å². The molecule has 1 unspecified atom stereocenters. The van der Waals surface area contributed by atoms with Crippen molar-refractivity contribution in [1.82, 2.24) is 10.2 Å². The Balaban J connectivity index is 1.84. The first kappa shape index (κ1) is 17.6. The Morgan fingerprint density at radius 2 is 2.09 bits per heavy atom. The van der Waals surface area contributed by atoms with E-state index in [2.05, 4.69) is 11.6 Å². The molecule has 5 nitrogen and oxygen atoms in total. The van der Waals surface area contributed by atoms with E-state index >= 15 is 0 Å². The molecule has 2 rings (SSSR count). The van der Waals surface area contributed by atoms with E-state index in [1.807, 2.05) is 23.6 Å². The summed E-state index contributed by atoms with van der Waals surface area (Å²) < 4.78 is 5.54. The minimum Gasteiger partial charge on any atom is -0.381 e. The van der Waals surface area contributed by atoms with Gasteiger partial charge >= 0.3 is 0 Å². The van der Waals surface area contributed by atoms with Crippen LogP contribution in [0.15, 0.2) is 0 Å². The van der Waals surface area contributed by atoms with E-state index in [-0.39, 0.29) is 22.5 Å². The summed E-state index contributed by atoms with van der Waals surface area (Å²) in [6, 6.07) is 0.